The summed E-state index contributed by atoms with van der Waals surface area (Å²) in [6, 6.07) is 0. The van der Waals surface area contributed by atoms with Crippen LogP contribution in [-0.2, 0) is 19.1 Å². The van der Waals surface area contributed by atoms with E-state index in [-0.39, 0.29) is 23.8 Å². The van der Waals surface area contributed by atoms with Crippen LogP contribution in [-0.4, -0.2) is 37.7 Å². The van der Waals surface area contributed by atoms with Crippen LogP contribution in [0.5, 0.6) is 0 Å². The first-order chi connectivity index (χ1) is 6.20. The molecule has 0 N–H and O–H groups in total. The number of hydrogen-bond acceptors (Lipinski definition) is 5. The molecule has 1 aliphatic heterocycles. The number of methoxy groups -OCH3 is 2. The minimum atomic E-state index is -0.331. The Morgan fingerprint density at radius 2 is 1.46 bits per heavy atom. The van der Waals surface area contributed by atoms with Crippen molar-refractivity contribution in [3.05, 3.63) is 0 Å². The molecule has 4 nitrogen and oxygen atoms in total. The summed E-state index contributed by atoms with van der Waals surface area (Å²) in [5.41, 5.74) is 0. The number of hydrogen-bond donors (Lipinski definition) is 0. The van der Waals surface area contributed by atoms with Gasteiger partial charge in [-0.05, 0) is 0 Å². The van der Waals surface area contributed by atoms with E-state index in [0.29, 0.717) is 11.5 Å². The van der Waals surface area contributed by atoms with Crippen molar-refractivity contribution in [3.63, 3.8) is 0 Å². The molecule has 0 aromatic carbocycles. The van der Waals surface area contributed by atoms with Crippen LogP contribution >= 0.6 is 11.8 Å². The van der Waals surface area contributed by atoms with Crippen LogP contribution in [0, 0.1) is 11.8 Å². The summed E-state index contributed by atoms with van der Waals surface area (Å²) >= 11 is 1.58. The highest BCUT2D eigenvalue weighted by molar-refractivity contribution is 7.99. The molecule has 5 heteroatoms. The summed E-state index contributed by atoms with van der Waals surface area (Å²) in [5, 5.41) is 0. The van der Waals surface area contributed by atoms with Crippen molar-refractivity contribution in [2.24, 2.45) is 11.8 Å². The maximum atomic E-state index is 11.2. The van der Waals surface area contributed by atoms with Gasteiger partial charge in [0.15, 0.2) is 0 Å². The molecule has 0 aromatic rings. The van der Waals surface area contributed by atoms with Gasteiger partial charge in [0, 0.05) is 11.5 Å². The zero-order valence-electron chi connectivity index (χ0n) is 7.61. The second kappa shape index (κ2) is 4.50. The maximum absolute atomic E-state index is 11.2. The molecule has 0 spiro atoms. The zero-order valence-corrected chi connectivity index (χ0v) is 8.43. The second-order valence-corrected chi connectivity index (χ2v) is 3.87. The van der Waals surface area contributed by atoms with Crippen LogP contribution in [0.4, 0.5) is 0 Å². The van der Waals surface area contributed by atoms with Gasteiger partial charge in [-0.25, -0.2) is 0 Å². The molecular weight excluding hydrogens is 192 g/mol. The zero-order chi connectivity index (χ0) is 9.84. The van der Waals surface area contributed by atoms with Gasteiger partial charge < -0.3 is 9.47 Å². The van der Waals surface area contributed by atoms with Crippen molar-refractivity contribution in [2.75, 3.05) is 25.7 Å². The van der Waals surface area contributed by atoms with Crippen molar-refractivity contribution < 1.29 is 19.1 Å². The van der Waals surface area contributed by atoms with Gasteiger partial charge in [-0.1, -0.05) is 0 Å². The lowest BCUT2D eigenvalue weighted by atomic mass is 9.96. The summed E-state index contributed by atoms with van der Waals surface area (Å²) in [6.45, 7) is 0. The molecule has 0 radical (unpaired) electrons. The van der Waals surface area contributed by atoms with Crippen molar-refractivity contribution >= 4 is 23.7 Å². The lowest BCUT2D eigenvalue weighted by Gasteiger charge is -2.13. The van der Waals surface area contributed by atoms with Crippen molar-refractivity contribution in [2.45, 2.75) is 0 Å². The highest BCUT2D eigenvalue weighted by Crippen LogP contribution is 2.31. The summed E-state index contributed by atoms with van der Waals surface area (Å²) in [6.07, 6.45) is 0. The summed E-state index contributed by atoms with van der Waals surface area (Å²) < 4.78 is 9.20. The van der Waals surface area contributed by atoms with Crippen LogP contribution < -0.4 is 0 Å². The van der Waals surface area contributed by atoms with Crippen molar-refractivity contribution in [1.29, 1.82) is 0 Å². The van der Waals surface area contributed by atoms with E-state index >= 15 is 0 Å². The van der Waals surface area contributed by atoms with Crippen LogP contribution in [0.1, 0.15) is 0 Å². The Balaban J connectivity index is 2.63. The van der Waals surface area contributed by atoms with Crippen molar-refractivity contribution in [1.82, 2.24) is 0 Å². The van der Waals surface area contributed by atoms with Gasteiger partial charge >= 0.3 is 11.9 Å². The van der Waals surface area contributed by atoms with E-state index in [1.807, 2.05) is 0 Å². The third kappa shape index (κ3) is 2.15. The first kappa shape index (κ1) is 10.4. The SMILES string of the molecule is COC(=O)[C@H]1CSC[C@H]1C(=O)OC. The summed E-state index contributed by atoms with van der Waals surface area (Å²) in [4.78, 5) is 22.4. The molecule has 0 aromatic heterocycles. The fraction of sp³-hybridized carbons (Fsp3) is 0.750. The average Bonchev–Trinajstić information content (AvgIpc) is 2.63. The van der Waals surface area contributed by atoms with Crippen LogP contribution in [0.3, 0.4) is 0 Å². The van der Waals surface area contributed by atoms with Crippen molar-refractivity contribution in [3.8, 4) is 0 Å². The molecule has 1 fully saturated rings. The predicted octanol–water partition coefficient (Wildman–Crippen LogP) is 0.312. The number of rotatable bonds is 2. The molecule has 13 heavy (non-hydrogen) atoms. The molecule has 1 saturated heterocycles. The van der Waals surface area contributed by atoms with Gasteiger partial charge in [-0.3, -0.25) is 9.59 Å². The maximum Gasteiger partial charge on any atom is 0.310 e. The first-order valence-electron chi connectivity index (χ1n) is 3.94. The molecule has 1 aliphatic rings. The third-order valence-electron chi connectivity index (χ3n) is 2.09. The van der Waals surface area contributed by atoms with Gasteiger partial charge in [0.25, 0.3) is 0 Å². The highest BCUT2D eigenvalue weighted by Gasteiger charge is 2.39. The molecule has 0 aliphatic carbocycles. The number of carbonyl (C=O) groups is 2. The minimum absolute atomic E-state index is 0.319. The van der Waals surface area contributed by atoms with Gasteiger partial charge in [0.1, 0.15) is 0 Å². The number of carbonyl (C=O) groups excluding carboxylic acids is 2. The smallest absolute Gasteiger partial charge is 0.310 e. The largest absolute Gasteiger partial charge is 0.469 e. The number of ether oxygens (including phenoxy) is 2. The minimum Gasteiger partial charge on any atom is -0.469 e. The number of esters is 2. The van der Waals surface area contributed by atoms with E-state index in [9.17, 15) is 9.59 Å². The van der Waals surface area contributed by atoms with Crippen LogP contribution in [0.15, 0.2) is 0 Å². The molecule has 0 bridgehead atoms. The Labute approximate surface area is 81.0 Å². The molecule has 74 valence electrons. The Morgan fingerprint density at radius 1 is 1.08 bits per heavy atom. The summed E-state index contributed by atoms with van der Waals surface area (Å²) in [7, 11) is 2.67. The molecular formula is C8H12O4S. The lowest BCUT2D eigenvalue weighted by molar-refractivity contribution is -0.155. The van der Waals surface area contributed by atoms with E-state index in [1.165, 1.54) is 14.2 Å². The summed E-state index contributed by atoms with van der Waals surface area (Å²) in [5.74, 6) is -0.00972. The van der Waals surface area contributed by atoms with E-state index < -0.39 is 0 Å². The van der Waals surface area contributed by atoms with Crippen LogP contribution in [0.25, 0.3) is 0 Å². The quantitative estimate of drug-likeness (QED) is 0.606. The topological polar surface area (TPSA) is 52.6 Å². The van der Waals surface area contributed by atoms with Gasteiger partial charge in [0.05, 0.1) is 26.1 Å². The van der Waals surface area contributed by atoms with E-state index in [2.05, 4.69) is 9.47 Å². The van der Waals surface area contributed by atoms with Crippen LogP contribution in [0.2, 0.25) is 0 Å². The Kier molecular flexibility index (Phi) is 3.59. The molecule has 0 saturated carbocycles. The monoisotopic (exact) mass is 204 g/mol. The normalized spacial score (nSPS) is 26.9. The number of thioether (sulfide) groups is 1. The second-order valence-electron chi connectivity index (χ2n) is 2.80. The van der Waals surface area contributed by atoms with Gasteiger partial charge in [0.2, 0.25) is 0 Å². The van der Waals surface area contributed by atoms with Gasteiger partial charge in [-0.15, -0.1) is 0 Å². The average molecular weight is 204 g/mol. The first-order valence-corrected chi connectivity index (χ1v) is 5.09. The predicted molar refractivity (Wildman–Crippen MR) is 48.3 cm³/mol. The van der Waals surface area contributed by atoms with Gasteiger partial charge in [-0.2, -0.15) is 11.8 Å². The van der Waals surface area contributed by atoms with E-state index in [1.54, 1.807) is 11.8 Å². The molecule has 0 amide bonds. The fourth-order valence-electron chi connectivity index (χ4n) is 1.32. The Bertz CT molecular complexity index is 194. The fourth-order valence-corrected chi connectivity index (χ4v) is 2.70. The van der Waals surface area contributed by atoms with E-state index in [4.69, 9.17) is 0 Å². The molecule has 2 atom stereocenters. The standard InChI is InChI=1S/C8H12O4S/c1-11-7(9)5-3-13-4-6(5)8(10)12-2/h5-6H,3-4H2,1-2H3/t5-,6+. The molecule has 1 rings (SSSR count). The Morgan fingerprint density at radius 3 is 1.77 bits per heavy atom. The molecule has 1 heterocycles. The van der Waals surface area contributed by atoms with E-state index in [0.717, 1.165) is 0 Å². The highest BCUT2D eigenvalue weighted by atomic mass is 32.2. The lowest BCUT2D eigenvalue weighted by Crippen LogP contribution is -2.30. The molecule has 0 unspecified atom stereocenters. The third-order valence-corrected chi connectivity index (χ3v) is 3.28. The Hall–Kier alpha value is -0.710.